The molecular formula is C23H30ClFN2O2. The zero-order valence-electron chi connectivity index (χ0n) is 16.8. The smallest absolute Gasteiger partial charge is 0.123 e. The molecular weight excluding hydrogens is 391 g/mol. The third kappa shape index (κ3) is 4.80. The average molecular weight is 421 g/mol. The highest BCUT2D eigenvalue weighted by Crippen LogP contribution is 2.42. The first-order valence-corrected chi connectivity index (χ1v) is 10.3. The number of pyridine rings is 1. The van der Waals surface area contributed by atoms with Crippen LogP contribution in [0, 0.1) is 18.7 Å². The second-order valence-corrected chi connectivity index (χ2v) is 8.33. The Morgan fingerprint density at radius 1 is 1.21 bits per heavy atom. The summed E-state index contributed by atoms with van der Waals surface area (Å²) < 4.78 is 13.8. The Morgan fingerprint density at radius 2 is 2.03 bits per heavy atom. The van der Waals surface area contributed by atoms with Gasteiger partial charge < -0.3 is 10.2 Å². The number of aryl methyl sites for hydroxylation is 2. The molecule has 1 aromatic heterocycles. The summed E-state index contributed by atoms with van der Waals surface area (Å²) >= 11 is 0. The molecule has 0 saturated carbocycles. The van der Waals surface area contributed by atoms with Crippen molar-refractivity contribution in [1.29, 1.82) is 0 Å². The lowest BCUT2D eigenvalue weighted by Gasteiger charge is -2.41. The number of β-amino-alcohol motifs (C(OH)–C–C–N with tert-alkyl or cyclic N) is 1. The molecule has 0 amide bonds. The van der Waals surface area contributed by atoms with E-state index in [0.717, 1.165) is 54.6 Å². The van der Waals surface area contributed by atoms with Gasteiger partial charge in [-0.15, -0.1) is 12.4 Å². The van der Waals surface area contributed by atoms with E-state index in [9.17, 15) is 14.6 Å². The molecule has 4 rings (SSSR count). The topological polar surface area (TPSA) is 56.6 Å². The lowest BCUT2D eigenvalue weighted by molar-refractivity contribution is 0.0161. The summed E-state index contributed by atoms with van der Waals surface area (Å²) in [6.07, 6.45) is 5.03. The minimum atomic E-state index is -0.596. The molecule has 4 nitrogen and oxygen atoms in total. The first kappa shape index (κ1) is 22.2. The molecule has 1 aliphatic carbocycles. The predicted octanol–water partition coefficient (Wildman–Crippen LogP) is 4.13. The van der Waals surface area contributed by atoms with Gasteiger partial charge in [0.25, 0.3) is 0 Å². The minimum absolute atomic E-state index is 0. The molecule has 6 heteroatoms. The van der Waals surface area contributed by atoms with Gasteiger partial charge >= 0.3 is 0 Å². The lowest BCUT2D eigenvalue weighted by atomic mass is 9.82. The molecule has 0 radical (unpaired) electrons. The number of hydrogen-bond donors (Lipinski definition) is 2. The standard InChI is InChI=1S/C23H29FN2O2.ClH/c1-15-12-18(24)8-9-20(15)23(26-11-3-5-19(27)14-26)17-7-6-16-4-2-10-25-22(16)21(28)13-17;/h2,4,8-10,12,17,19,21,23,27-28H,3,5-7,11,13-14H2,1H3;1H/t17-,19-,21+,23?;/m1./s1. The van der Waals surface area contributed by atoms with E-state index in [2.05, 4.69) is 16.0 Å². The SMILES string of the molecule is Cc1cc(F)ccc1C([C@@H]1CCc2cccnc2[C@@H](O)C1)N1CCC[C@@H](O)C1.Cl. The highest BCUT2D eigenvalue weighted by atomic mass is 35.5. The molecule has 1 fully saturated rings. The number of likely N-dealkylation sites (tertiary alicyclic amines) is 1. The summed E-state index contributed by atoms with van der Waals surface area (Å²) in [5.74, 6) is -0.0187. The molecule has 29 heavy (non-hydrogen) atoms. The lowest BCUT2D eigenvalue weighted by Crippen LogP contribution is -2.43. The average Bonchev–Trinajstić information content (AvgIpc) is 2.83. The van der Waals surface area contributed by atoms with Crippen molar-refractivity contribution in [1.82, 2.24) is 9.88 Å². The maximum atomic E-state index is 13.8. The summed E-state index contributed by atoms with van der Waals surface area (Å²) in [5.41, 5.74) is 3.94. The fourth-order valence-corrected chi connectivity index (χ4v) is 5.06. The van der Waals surface area contributed by atoms with Crippen LogP contribution in [0.15, 0.2) is 36.5 Å². The van der Waals surface area contributed by atoms with Crippen LogP contribution in [0.2, 0.25) is 0 Å². The predicted molar refractivity (Wildman–Crippen MR) is 114 cm³/mol. The summed E-state index contributed by atoms with van der Waals surface area (Å²) in [7, 11) is 0. The van der Waals surface area contributed by atoms with Crippen LogP contribution < -0.4 is 0 Å². The number of nitrogens with zero attached hydrogens (tertiary/aromatic N) is 2. The second-order valence-electron chi connectivity index (χ2n) is 8.33. The van der Waals surface area contributed by atoms with Crippen LogP contribution in [0.1, 0.15) is 60.2 Å². The van der Waals surface area contributed by atoms with Crippen LogP contribution in [0.5, 0.6) is 0 Å². The molecule has 158 valence electrons. The van der Waals surface area contributed by atoms with Gasteiger partial charge in [0.15, 0.2) is 0 Å². The first-order chi connectivity index (χ1) is 13.5. The number of rotatable bonds is 3. The van der Waals surface area contributed by atoms with Crippen LogP contribution in [0.4, 0.5) is 4.39 Å². The zero-order chi connectivity index (χ0) is 19.7. The monoisotopic (exact) mass is 420 g/mol. The number of benzene rings is 1. The molecule has 2 aliphatic rings. The number of aliphatic hydroxyl groups is 2. The highest BCUT2D eigenvalue weighted by Gasteiger charge is 2.36. The quantitative estimate of drug-likeness (QED) is 0.733. The van der Waals surface area contributed by atoms with Gasteiger partial charge in [-0.25, -0.2) is 4.39 Å². The van der Waals surface area contributed by atoms with Crippen LogP contribution >= 0.6 is 12.4 Å². The summed E-state index contributed by atoms with van der Waals surface area (Å²) in [6.45, 7) is 3.49. The van der Waals surface area contributed by atoms with Gasteiger partial charge in [0, 0.05) is 18.8 Å². The van der Waals surface area contributed by atoms with Gasteiger partial charge in [-0.1, -0.05) is 12.1 Å². The van der Waals surface area contributed by atoms with Gasteiger partial charge in [-0.05, 0) is 86.4 Å². The largest absolute Gasteiger partial charge is 0.392 e. The summed E-state index contributed by atoms with van der Waals surface area (Å²) in [5, 5.41) is 21.2. The zero-order valence-corrected chi connectivity index (χ0v) is 17.6. The van der Waals surface area contributed by atoms with Crippen LogP contribution in [-0.2, 0) is 6.42 Å². The maximum Gasteiger partial charge on any atom is 0.123 e. The van der Waals surface area contributed by atoms with Crippen molar-refractivity contribution < 1.29 is 14.6 Å². The van der Waals surface area contributed by atoms with Gasteiger partial charge in [0.05, 0.1) is 17.9 Å². The van der Waals surface area contributed by atoms with E-state index >= 15 is 0 Å². The van der Waals surface area contributed by atoms with Crippen molar-refractivity contribution in [3.8, 4) is 0 Å². The van der Waals surface area contributed by atoms with Crippen molar-refractivity contribution in [2.45, 2.75) is 57.3 Å². The first-order valence-electron chi connectivity index (χ1n) is 10.3. The summed E-state index contributed by atoms with van der Waals surface area (Å²) in [4.78, 5) is 6.77. The van der Waals surface area contributed by atoms with Gasteiger partial charge in [0.1, 0.15) is 5.82 Å². The number of piperidine rings is 1. The van der Waals surface area contributed by atoms with Crippen molar-refractivity contribution >= 4 is 12.4 Å². The number of hydrogen-bond acceptors (Lipinski definition) is 4. The van der Waals surface area contributed by atoms with Gasteiger partial charge in [0.2, 0.25) is 0 Å². The molecule has 4 atom stereocenters. The molecule has 1 aromatic carbocycles. The highest BCUT2D eigenvalue weighted by molar-refractivity contribution is 5.85. The molecule has 1 unspecified atom stereocenters. The maximum absolute atomic E-state index is 13.8. The second kappa shape index (κ2) is 9.52. The van der Waals surface area contributed by atoms with Crippen molar-refractivity contribution in [2.75, 3.05) is 13.1 Å². The van der Waals surface area contributed by atoms with E-state index in [1.54, 1.807) is 12.3 Å². The number of aliphatic hydroxyl groups excluding tert-OH is 2. The minimum Gasteiger partial charge on any atom is -0.392 e. The van der Waals surface area contributed by atoms with Crippen LogP contribution in [-0.4, -0.2) is 39.3 Å². The number of halogens is 2. The Kier molecular flexibility index (Phi) is 7.28. The Hall–Kier alpha value is -1.53. The molecule has 2 N–H and O–H groups in total. The molecule has 1 aliphatic heterocycles. The van der Waals surface area contributed by atoms with E-state index in [4.69, 9.17) is 0 Å². The fourth-order valence-electron chi connectivity index (χ4n) is 5.06. The Morgan fingerprint density at radius 3 is 2.79 bits per heavy atom. The van der Waals surface area contributed by atoms with Gasteiger partial charge in [-0.3, -0.25) is 9.88 Å². The van der Waals surface area contributed by atoms with Crippen molar-refractivity contribution in [3.63, 3.8) is 0 Å². The van der Waals surface area contributed by atoms with E-state index in [1.165, 1.54) is 6.07 Å². The Balaban J connectivity index is 0.00000240. The van der Waals surface area contributed by atoms with Crippen molar-refractivity contribution in [3.05, 3.63) is 64.7 Å². The molecule has 0 bridgehead atoms. The third-order valence-electron chi connectivity index (χ3n) is 6.37. The van der Waals surface area contributed by atoms with Gasteiger partial charge in [-0.2, -0.15) is 0 Å². The molecule has 2 aromatic rings. The third-order valence-corrected chi connectivity index (χ3v) is 6.37. The number of aromatic nitrogens is 1. The van der Waals surface area contributed by atoms with Crippen molar-refractivity contribution in [2.24, 2.45) is 5.92 Å². The van der Waals surface area contributed by atoms with E-state index in [1.807, 2.05) is 19.1 Å². The van der Waals surface area contributed by atoms with E-state index in [0.29, 0.717) is 13.0 Å². The Bertz CT molecular complexity index is 834. The molecule has 1 saturated heterocycles. The van der Waals surface area contributed by atoms with E-state index in [-0.39, 0.29) is 36.3 Å². The number of fused-ring (bicyclic) bond motifs is 1. The normalized spacial score (nSPS) is 26.1. The van der Waals surface area contributed by atoms with Crippen LogP contribution in [0.25, 0.3) is 0 Å². The molecule has 2 heterocycles. The van der Waals surface area contributed by atoms with Crippen LogP contribution in [0.3, 0.4) is 0 Å². The summed E-state index contributed by atoms with van der Waals surface area (Å²) in [6, 6.07) is 9.04. The molecule has 0 spiro atoms. The Labute approximate surface area is 178 Å². The van der Waals surface area contributed by atoms with E-state index < -0.39 is 6.10 Å². The fraction of sp³-hybridized carbons (Fsp3) is 0.522.